The number of fused-ring (bicyclic) bond motifs is 5. The molecule has 0 saturated heterocycles. The van der Waals surface area contributed by atoms with Crippen LogP contribution in [0, 0.1) is 0 Å². The lowest BCUT2D eigenvalue weighted by molar-refractivity contribution is 0.0697. The zero-order valence-corrected chi connectivity index (χ0v) is 19.5. The van der Waals surface area contributed by atoms with Crippen LogP contribution in [0.4, 0.5) is 0 Å². The van der Waals surface area contributed by atoms with E-state index in [1.165, 1.54) is 48.7 Å². The molecule has 1 saturated carbocycles. The molecule has 33 heavy (non-hydrogen) atoms. The standard InChI is InChI=1S/C27H32N2O4/c1-28(2)13-15-32-23-10-6-9-21-25-24(18-7-4-3-5-8-18)20-12-11-19(27(30)31)17-22(20)29(25)14-16-33-26(21)23/h6,9-12,17-18H,3-5,7-8,13-16H2,1-2H3,(H,30,31). The number of carboxylic acids is 1. The molecule has 0 spiro atoms. The zero-order valence-electron chi connectivity index (χ0n) is 19.5. The van der Waals surface area contributed by atoms with Gasteiger partial charge in [-0.3, -0.25) is 0 Å². The lowest BCUT2D eigenvalue weighted by Gasteiger charge is -2.24. The molecule has 1 aromatic heterocycles. The van der Waals surface area contributed by atoms with Gasteiger partial charge in [0.15, 0.2) is 11.5 Å². The van der Waals surface area contributed by atoms with E-state index in [1.807, 2.05) is 38.4 Å². The number of hydrogen-bond donors (Lipinski definition) is 1. The molecule has 5 rings (SSSR count). The number of nitrogens with zero attached hydrogens (tertiary/aromatic N) is 2. The second-order valence-electron chi connectivity index (χ2n) is 9.42. The molecule has 1 aliphatic heterocycles. The molecule has 6 heteroatoms. The molecule has 174 valence electrons. The van der Waals surface area contributed by atoms with Gasteiger partial charge in [-0.25, -0.2) is 4.79 Å². The van der Waals surface area contributed by atoms with Crippen LogP contribution in [0.15, 0.2) is 36.4 Å². The number of rotatable bonds is 6. The number of para-hydroxylation sites is 1. The number of ether oxygens (including phenoxy) is 2. The van der Waals surface area contributed by atoms with Crippen LogP contribution in [-0.4, -0.2) is 54.4 Å². The molecule has 6 nitrogen and oxygen atoms in total. The largest absolute Gasteiger partial charge is 0.488 e. The van der Waals surface area contributed by atoms with Crippen molar-refractivity contribution in [3.8, 4) is 22.8 Å². The van der Waals surface area contributed by atoms with E-state index in [2.05, 4.69) is 15.5 Å². The predicted octanol–water partition coefficient (Wildman–Crippen LogP) is 5.39. The fourth-order valence-corrected chi connectivity index (χ4v) is 5.38. The average molecular weight is 449 g/mol. The molecule has 2 heterocycles. The van der Waals surface area contributed by atoms with E-state index in [9.17, 15) is 9.90 Å². The second kappa shape index (κ2) is 9.10. The van der Waals surface area contributed by atoms with Crippen molar-refractivity contribution in [3.05, 3.63) is 47.5 Å². The molecule has 0 atom stereocenters. The van der Waals surface area contributed by atoms with Crippen LogP contribution in [0.5, 0.6) is 11.5 Å². The van der Waals surface area contributed by atoms with Crippen molar-refractivity contribution in [1.29, 1.82) is 0 Å². The van der Waals surface area contributed by atoms with Gasteiger partial charge in [0, 0.05) is 23.0 Å². The van der Waals surface area contributed by atoms with E-state index in [-0.39, 0.29) is 0 Å². The van der Waals surface area contributed by atoms with Crippen LogP contribution < -0.4 is 9.47 Å². The van der Waals surface area contributed by atoms with Crippen molar-refractivity contribution >= 4 is 16.9 Å². The molecule has 2 aliphatic rings. The van der Waals surface area contributed by atoms with E-state index in [4.69, 9.17) is 9.47 Å². The maximum Gasteiger partial charge on any atom is 0.335 e. The van der Waals surface area contributed by atoms with Gasteiger partial charge in [-0.2, -0.15) is 0 Å². The van der Waals surface area contributed by atoms with Crippen molar-refractivity contribution < 1.29 is 19.4 Å². The van der Waals surface area contributed by atoms with Crippen LogP contribution in [0.2, 0.25) is 0 Å². The van der Waals surface area contributed by atoms with Gasteiger partial charge in [0.05, 0.1) is 17.8 Å². The Morgan fingerprint density at radius 1 is 1.18 bits per heavy atom. The number of likely N-dealkylation sites (N-methyl/N-ethyl adjacent to an activating group) is 1. The van der Waals surface area contributed by atoms with Gasteiger partial charge >= 0.3 is 5.97 Å². The van der Waals surface area contributed by atoms with Gasteiger partial charge in [0.2, 0.25) is 0 Å². The summed E-state index contributed by atoms with van der Waals surface area (Å²) in [6.45, 7) is 2.61. The maximum atomic E-state index is 11.7. The Bertz CT molecular complexity index is 1170. The highest BCUT2D eigenvalue weighted by molar-refractivity contribution is 5.99. The minimum absolute atomic E-state index is 0.323. The Kier molecular flexibility index (Phi) is 6.02. The Hall–Kier alpha value is -2.99. The topological polar surface area (TPSA) is 63.9 Å². The van der Waals surface area contributed by atoms with Crippen molar-refractivity contribution in [2.75, 3.05) is 33.9 Å². The molecule has 1 N–H and O–H groups in total. The number of benzene rings is 2. The highest BCUT2D eigenvalue weighted by atomic mass is 16.5. The smallest absolute Gasteiger partial charge is 0.335 e. The molecule has 0 unspecified atom stereocenters. The lowest BCUT2D eigenvalue weighted by atomic mass is 9.81. The van der Waals surface area contributed by atoms with Gasteiger partial charge in [0.25, 0.3) is 0 Å². The molecule has 1 aliphatic carbocycles. The van der Waals surface area contributed by atoms with E-state index in [0.29, 0.717) is 31.2 Å². The third kappa shape index (κ3) is 4.08. The summed E-state index contributed by atoms with van der Waals surface area (Å²) in [4.78, 5) is 13.8. The Morgan fingerprint density at radius 3 is 2.76 bits per heavy atom. The monoisotopic (exact) mass is 448 g/mol. The average Bonchev–Trinajstić information content (AvgIpc) is 3.00. The lowest BCUT2D eigenvalue weighted by Crippen LogP contribution is -2.19. The Labute approximate surface area is 194 Å². The maximum absolute atomic E-state index is 11.7. The first kappa shape index (κ1) is 21.8. The molecular formula is C27H32N2O4. The molecule has 0 radical (unpaired) electrons. The summed E-state index contributed by atoms with van der Waals surface area (Å²) < 4.78 is 14.7. The summed E-state index contributed by atoms with van der Waals surface area (Å²) in [5.74, 6) is 1.15. The predicted molar refractivity (Wildman–Crippen MR) is 130 cm³/mol. The Balaban J connectivity index is 1.70. The number of carbonyl (C=O) groups is 1. The number of aromatic carboxylic acids is 1. The molecule has 0 amide bonds. The second-order valence-corrected chi connectivity index (χ2v) is 9.42. The van der Waals surface area contributed by atoms with E-state index in [1.54, 1.807) is 6.07 Å². The van der Waals surface area contributed by atoms with Gasteiger partial charge in [-0.05, 0) is 62.7 Å². The van der Waals surface area contributed by atoms with Gasteiger partial charge in [-0.15, -0.1) is 0 Å². The molecular weight excluding hydrogens is 416 g/mol. The summed E-state index contributed by atoms with van der Waals surface area (Å²) in [6.07, 6.45) is 6.10. The molecule has 3 aromatic rings. The van der Waals surface area contributed by atoms with Crippen molar-refractivity contribution in [3.63, 3.8) is 0 Å². The van der Waals surface area contributed by atoms with E-state index in [0.717, 1.165) is 29.1 Å². The van der Waals surface area contributed by atoms with Crippen LogP contribution in [0.25, 0.3) is 22.2 Å². The first-order valence-corrected chi connectivity index (χ1v) is 12.0. The van der Waals surface area contributed by atoms with E-state index < -0.39 is 5.97 Å². The SMILES string of the molecule is CN(C)CCOc1cccc2c1OCCn1c-2c(C2CCCCC2)c2ccc(C(=O)O)cc21. The third-order valence-corrected chi connectivity index (χ3v) is 6.96. The number of carboxylic acid groups (broad SMARTS) is 1. The van der Waals surface area contributed by atoms with Crippen LogP contribution in [0.3, 0.4) is 0 Å². The Morgan fingerprint density at radius 2 is 2.00 bits per heavy atom. The minimum Gasteiger partial charge on any atom is -0.488 e. The third-order valence-electron chi connectivity index (χ3n) is 6.96. The zero-order chi connectivity index (χ0) is 22.9. The van der Waals surface area contributed by atoms with Gasteiger partial charge < -0.3 is 24.0 Å². The van der Waals surface area contributed by atoms with Crippen molar-refractivity contribution in [2.45, 2.75) is 44.6 Å². The summed E-state index contributed by atoms with van der Waals surface area (Å²) >= 11 is 0. The van der Waals surface area contributed by atoms with Crippen LogP contribution in [0.1, 0.15) is 53.9 Å². The fraction of sp³-hybridized carbons (Fsp3) is 0.444. The normalized spacial score (nSPS) is 16.2. The minimum atomic E-state index is -0.895. The van der Waals surface area contributed by atoms with Crippen molar-refractivity contribution in [2.24, 2.45) is 0 Å². The van der Waals surface area contributed by atoms with Crippen LogP contribution in [-0.2, 0) is 6.54 Å². The summed E-state index contributed by atoms with van der Waals surface area (Å²) in [5.41, 5.74) is 4.87. The summed E-state index contributed by atoms with van der Waals surface area (Å²) in [7, 11) is 4.07. The summed E-state index contributed by atoms with van der Waals surface area (Å²) in [5, 5.41) is 10.8. The first-order chi connectivity index (χ1) is 16.0. The van der Waals surface area contributed by atoms with Gasteiger partial charge in [0.1, 0.15) is 13.2 Å². The number of hydrogen-bond acceptors (Lipinski definition) is 4. The van der Waals surface area contributed by atoms with Crippen molar-refractivity contribution in [1.82, 2.24) is 9.47 Å². The van der Waals surface area contributed by atoms with E-state index >= 15 is 0 Å². The van der Waals surface area contributed by atoms with Gasteiger partial charge in [-0.1, -0.05) is 31.4 Å². The molecule has 1 fully saturated rings. The number of aromatic nitrogens is 1. The highest BCUT2D eigenvalue weighted by Gasteiger charge is 2.30. The fourth-order valence-electron chi connectivity index (χ4n) is 5.38. The molecule has 0 bridgehead atoms. The highest BCUT2D eigenvalue weighted by Crippen LogP contribution is 2.49. The first-order valence-electron chi connectivity index (χ1n) is 12.0. The van der Waals surface area contributed by atoms with Crippen LogP contribution >= 0.6 is 0 Å². The molecule has 2 aromatic carbocycles. The summed E-state index contributed by atoms with van der Waals surface area (Å²) in [6, 6.07) is 11.7. The quantitative estimate of drug-likeness (QED) is 0.548.